The maximum Gasteiger partial charge on any atom is 0.256 e. The lowest BCUT2D eigenvalue weighted by Gasteiger charge is -2.07. The zero-order valence-electron chi connectivity index (χ0n) is 18.2. The van der Waals surface area contributed by atoms with Gasteiger partial charge in [-0.1, -0.05) is 17.6 Å². The predicted molar refractivity (Wildman–Crippen MR) is 101 cm³/mol. The number of nitrogens with one attached hydrogen (secondary N) is 1. The van der Waals surface area contributed by atoms with E-state index in [0.29, 0.717) is 5.52 Å². The predicted octanol–water partition coefficient (Wildman–Crippen LogP) is 3.59. The van der Waals surface area contributed by atoms with E-state index < -0.39 is 5.91 Å². The minimum Gasteiger partial charge on any atom is -0.334 e. The highest BCUT2D eigenvalue weighted by molar-refractivity contribution is 6.04. The first-order chi connectivity index (χ1) is 14.3. The highest BCUT2D eigenvalue weighted by Crippen LogP contribution is 2.23. The molecule has 0 saturated carbocycles. The molecule has 128 valence electrons. The number of imidazole rings is 1. The zero-order valence-corrected chi connectivity index (χ0v) is 14.2. The highest BCUT2D eigenvalue weighted by atomic mass is 16.1. The number of anilines is 1. The number of hydrogen-bond donors (Lipinski definition) is 1. The standard InChI is InChI=1S/C20H17N5O/c1-13-3-5-14(6-4-13)20(26)24-19-8-15-7-16(9-22-17(15)10-23-19)18-11-21-12-25(18)2/h3-12H,1-2H3,(H,23,24,26)/i3D,4D,5D,6D. The summed E-state index contributed by atoms with van der Waals surface area (Å²) >= 11 is 0. The van der Waals surface area contributed by atoms with Gasteiger partial charge in [0.05, 0.1) is 35.4 Å². The Morgan fingerprint density at radius 1 is 1.12 bits per heavy atom. The van der Waals surface area contributed by atoms with Crippen LogP contribution < -0.4 is 5.32 Å². The number of aryl methyl sites for hydroxylation is 1. The van der Waals surface area contributed by atoms with E-state index in [2.05, 4.69) is 20.3 Å². The van der Waals surface area contributed by atoms with Crippen molar-refractivity contribution in [3.63, 3.8) is 0 Å². The molecule has 0 aliphatic rings. The monoisotopic (exact) mass is 347 g/mol. The molecule has 0 spiro atoms. The zero-order chi connectivity index (χ0) is 21.6. The van der Waals surface area contributed by atoms with E-state index >= 15 is 0 Å². The minimum absolute atomic E-state index is 0.194. The van der Waals surface area contributed by atoms with Crippen LogP contribution in [0.15, 0.2) is 61.2 Å². The smallest absolute Gasteiger partial charge is 0.256 e. The number of pyridine rings is 2. The van der Waals surface area contributed by atoms with Crippen LogP contribution in [-0.4, -0.2) is 25.4 Å². The topological polar surface area (TPSA) is 72.7 Å². The van der Waals surface area contributed by atoms with Crippen LogP contribution in [0.4, 0.5) is 5.82 Å². The largest absolute Gasteiger partial charge is 0.334 e. The van der Waals surface area contributed by atoms with Crippen molar-refractivity contribution in [1.82, 2.24) is 19.5 Å². The molecule has 0 atom stereocenters. The quantitative estimate of drug-likeness (QED) is 0.615. The van der Waals surface area contributed by atoms with E-state index in [1.54, 1.807) is 24.8 Å². The summed E-state index contributed by atoms with van der Waals surface area (Å²) in [5.74, 6) is -0.538. The number of amides is 1. The van der Waals surface area contributed by atoms with Gasteiger partial charge in [-0.25, -0.2) is 9.97 Å². The Bertz CT molecular complexity index is 1290. The van der Waals surface area contributed by atoms with Crippen molar-refractivity contribution in [1.29, 1.82) is 0 Å². The molecule has 6 nitrogen and oxygen atoms in total. The molecule has 3 aromatic heterocycles. The summed E-state index contributed by atoms with van der Waals surface area (Å²) in [4.78, 5) is 25.4. The number of aromatic nitrogens is 4. The third-order valence-corrected chi connectivity index (χ3v) is 3.90. The van der Waals surface area contributed by atoms with Crippen LogP contribution in [0, 0.1) is 6.92 Å². The van der Waals surface area contributed by atoms with Gasteiger partial charge < -0.3 is 9.88 Å². The fourth-order valence-electron chi connectivity index (χ4n) is 2.54. The van der Waals surface area contributed by atoms with Crippen LogP contribution in [0.1, 0.15) is 21.4 Å². The van der Waals surface area contributed by atoms with Crippen LogP contribution in [-0.2, 0) is 7.05 Å². The summed E-state index contributed by atoms with van der Waals surface area (Å²) in [6, 6.07) is 2.30. The first kappa shape index (κ1) is 11.9. The van der Waals surface area contributed by atoms with Gasteiger partial charge in [0, 0.05) is 29.8 Å². The average Bonchev–Trinajstić information content (AvgIpc) is 3.16. The molecule has 0 aliphatic carbocycles. The number of benzene rings is 1. The van der Waals surface area contributed by atoms with Gasteiger partial charge in [-0.05, 0) is 31.1 Å². The van der Waals surface area contributed by atoms with Crippen molar-refractivity contribution in [2.45, 2.75) is 6.92 Å². The third kappa shape index (κ3) is 3.04. The molecule has 4 aromatic rings. The molecule has 1 aromatic carbocycles. The highest BCUT2D eigenvalue weighted by Gasteiger charge is 2.09. The van der Waals surface area contributed by atoms with E-state index in [9.17, 15) is 4.79 Å². The summed E-state index contributed by atoms with van der Waals surface area (Å²) in [5, 5.41) is 3.31. The fourth-order valence-corrected chi connectivity index (χ4v) is 2.54. The third-order valence-electron chi connectivity index (χ3n) is 3.90. The fraction of sp³-hybridized carbons (Fsp3) is 0.100. The number of carbonyl (C=O) groups excluding carboxylic acids is 1. The summed E-state index contributed by atoms with van der Waals surface area (Å²) in [6.07, 6.45) is 6.65. The molecule has 0 unspecified atom stereocenters. The Balaban J connectivity index is 1.71. The van der Waals surface area contributed by atoms with E-state index in [4.69, 9.17) is 5.48 Å². The molecular formula is C20H17N5O. The summed E-state index contributed by atoms with van der Waals surface area (Å²) in [7, 11) is 1.88. The Morgan fingerprint density at radius 2 is 1.92 bits per heavy atom. The Hall–Kier alpha value is -3.54. The second kappa shape index (κ2) is 6.40. The maximum atomic E-state index is 12.7. The molecule has 0 radical (unpaired) electrons. The average molecular weight is 347 g/mol. The summed E-state index contributed by atoms with van der Waals surface area (Å²) in [6.45, 7) is 1.49. The second-order valence-electron chi connectivity index (χ2n) is 5.83. The number of fused-ring (bicyclic) bond motifs is 1. The SMILES string of the molecule is [2H]c1c([2H])c(C(=O)Nc2cc3cc(-c4cncn4C)cnc3cn2)c([2H])c([2H])c1C. The van der Waals surface area contributed by atoms with Crippen LogP contribution >= 0.6 is 0 Å². The lowest BCUT2D eigenvalue weighted by Crippen LogP contribution is -2.12. The molecule has 4 rings (SSSR count). The number of rotatable bonds is 3. The van der Waals surface area contributed by atoms with E-state index in [0.717, 1.165) is 16.6 Å². The van der Waals surface area contributed by atoms with Gasteiger partial charge in [-0.3, -0.25) is 9.78 Å². The Labute approximate surface area is 156 Å². The van der Waals surface area contributed by atoms with Gasteiger partial charge in [0.25, 0.3) is 5.91 Å². The molecule has 26 heavy (non-hydrogen) atoms. The van der Waals surface area contributed by atoms with Crippen molar-refractivity contribution >= 4 is 22.6 Å². The molecule has 0 fully saturated rings. The van der Waals surface area contributed by atoms with Crippen LogP contribution in [0.5, 0.6) is 0 Å². The van der Waals surface area contributed by atoms with Crippen LogP contribution in [0.3, 0.4) is 0 Å². The minimum atomic E-state index is -0.755. The molecule has 0 saturated heterocycles. The van der Waals surface area contributed by atoms with E-state index in [1.165, 1.54) is 13.1 Å². The van der Waals surface area contributed by atoms with Gasteiger partial charge >= 0.3 is 0 Å². The Morgan fingerprint density at radius 3 is 2.65 bits per heavy atom. The van der Waals surface area contributed by atoms with Gasteiger partial charge in [0.2, 0.25) is 0 Å². The Kier molecular flexibility index (Phi) is 2.93. The molecule has 0 bridgehead atoms. The van der Waals surface area contributed by atoms with Crippen molar-refractivity contribution in [3.05, 3.63) is 72.3 Å². The number of carbonyl (C=O) groups is 1. The van der Waals surface area contributed by atoms with Gasteiger partial charge in [0.15, 0.2) is 0 Å². The molecule has 3 heterocycles. The molecule has 0 aliphatic heterocycles. The molecule has 1 N–H and O–H groups in total. The van der Waals surface area contributed by atoms with Gasteiger partial charge in [-0.2, -0.15) is 0 Å². The van der Waals surface area contributed by atoms with Crippen molar-refractivity contribution in [3.8, 4) is 11.3 Å². The van der Waals surface area contributed by atoms with Crippen LogP contribution in [0.25, 0.3) is 22.2 Å². The molecular weight excluding hydrogens is 326 g/mol. The molecule has 6 heteroatoms. The van der Waals surface area contributed by atoms with E-state index in [1.807, 2.05) is 17.7 Å². The number of nitrogens with zero attached hydrogens (tertiary/aromatic N) is 4. The van der Waals surface area contributed by atoms with E-state index in [-0.39, 0.29) is 41.1 Å². The lowest BCUT2D eigenvalue weighted by atomic mass is 10.1. The van der Waals surface area contributed by atoms with Crippen molar-refractivity contribution in [2.75, 3.05) is 5.32 Å². The molecule has 1 amide bonds. The lowest BCUT2D eigenvalue weighted by molar-refractivity contribution is 0.102. The van der Waals surface area contributed by atoms with Crippen molar-refractivity contribution in [2.24, 2.45) is 7.05 Å². The number of hydrogen-bond acceptors (Lipinski definition) is 4. The van der Waals surface area contributed by atoms with Gasteiger partial charge in [-0.15, -0.1) is 0 Å². The van der Waals surface area contributed by atoms with Gasteiger partial charge in [0.1, 0.15) is 5.82 Å². The normalized spacial score (nSPS) is 13.0. The summed E-state index contributed by atoms with van der Waals surface area (Å²) in [5.41, 5.74) is 2.25. The first-order valence-electron chi connectivity index (χ1n) is 9.88. The first-order valence-corrected chi connectivity index (χ1v) is 7.88. The second-order valence-corrected chi connectivity index (χ2v) is 5.83. The van der Waals surface area contributed by atoms with Crippen LogP contribution in [0.2, 0.25) is 0 Å². The summed E-state index contributed by atoms with van der Waals surface area (Å²) < 4.78 is 33.8. The van der Waals surface area contributed by atoms with Crippen molar-refractivity contribution < 1.29 is 10.3 Å². The maximum absolute atomic E-state index is 12.7.